The maximum Gasteiger partial charge on any atom is 0.260 e. The second-order valence-electron chi connectivity index (χ2n) is 8.11. The first kappa shape index (κ1) is 23.1. The van der Waals surface area contributed by atoms with Crippen LogP contribution in [-0.2, 0) is 4.79 Å². The van der Waals surface area contributed by atoms with Gasteiger partial charge < -0.3 is 29.3 Å². The van der Waals surface area contributed by atoms with E-state index in [2.05, 4.69) is 24.9 Å². The first-order valence-electron chi connectivity index (χ1n) is 11.4. The maximum atomic E-state index is 12.6. The van der Waals surface area contributed by atoms with Crippen LogP contribution in [0, 0.1) is 0 Å². The molecule has 10 nitrogen and oxygen atoms in total. The highest BCUT2D eigenvalue weighted by Crippen LogP contribution is 2.25. The van der Waals surface area contributed by atoms with Crippen molar-refractivity contribution in [2.75, 3.05) is 89.0 Å². The van der Waals surface area contributed by atoms with Crippen LogP contribution in [0.25, 0.3) is 0 Å². The summed E-state index contributed by atoms with van der Waals surface area (Å²) in [5.41, 5.74) is 0. The summed E-state index contributed by atoms with van der Waals surface area (Å²) in [5, 5.41) is 18.0. The van der Waals surface area contributed by atoms with Gasteiger partial charge in [0, 0.05) is 58.9 Å². The van der Waals surface area contributed by atoms with E-state index in [1.807, 2.05) is 35.2 Å². The van der Waals surface area contributed by atoms with Crippen LogP contribution in [0.1, 0.15) is 0 Å². The Morgan fingerprint density at radius 2 is 1.45 bits per heavy atom. The molecule has 0 aliphatic carbocycles. The number of carbonyl (C=O) groups is 1. The van der Waals surface area contributed by atoms with Gasteiger partial charge in [-0.1, -0.05) is 12.1 Å². The Morgan fingerprint density at radius 3 is 2.00 bits per heavy atom. The number of piperazine rings is 2. The number of ether oxygens (including phenoxy) is 2. The average molecular weight is 457 g/mol. The molecule has 2 aliphatic heterocycles. The fraction of sp³-hybridized carbons (Fsp3) is 0.522. The molecule has 2 aromatic rings. The summed E-state index contributed by atoms with van der Waals surface area (Å²) in [7, 11) is 1.58. The molecule has 2 aliphatic rings. The van der Waals surface area contributed by atoms with Crippen LogP contribution in [0.5, 0.6) is 11.5 Å². The van der Waals surface area contributed by atoms with Gasteiger partial charge in [-0.25, -0.2) is 0 Å². The highest BCUT2D eigenvalue weighted by Gasteiger charge is 2.23. The molecule has 0 spiro atoms. The number of rotatable bonds is 8. The summed E-state index contributed by atoms with van der Waals surface area (Å²) >= 11 is 0. The number of para-hydroxylation sites is 2. The molecule has 33 heavy (non-hydrogen) atoms. The number of carbonyl (C=O) groups excluding carboxylic acids is 1. The molecule has 0 atom stereocenters. The fourth-order valence-electron chi connectivity index (χ4n) is 4.15. The Labute approximate surface area is 194 Å². The third-order valence-corrected chi connectivity index (χ3v) is 6.13. The van der Waals surface area contributed by atoms with Gasteiger partial charge >= 0.3 is 0 Å². The minimum Gasteiger partial charge on any atom is -0.493 e. The Kier molecular flexibility index (Phi) is 7.79. The van der Waals surface area contributed by atoms with Crippen molar-refractivity contribution >= 4 is 17.5 Å². The molecule has 4 rings (SSSR count). The molecule has 178 valence electrons. The lowest BCUT2D eigenvalue weighted by molar-refractivity contribution is -0.133. The average Bonchev–Trinajstić information content (AvgIpc) is 2.88. The molecule has 0 unspecified atom stereocenters. The summed E-state index contributed by atoms with van der Waals surface area (Å²) < 4.78 is 10.9. The van der Waals surface area contributed by atoms with E-state index < -0.39 is 0 Å². The van der Waals surface area contributed by atoms with Crippen molar-refractivity contribution in [1.29, 1.82) is 0 Å². The van der Waals surface area contributed by atoms with E-state index in [1.54, 1.807) is 13.2 Å². The Balaban J connectivity index is 1.23. The standard InChI is InChI=1S/C23H32N6O4/c1-32-19-4-2-3-5-20(19)33-18-23(31)29-14-12-28(13-15-29)22-7-6-21(24-25-22)27-10-8-26(9-11-27)16-17-30/h2-7,30H,8-18H2,1H3. The molecule has 0 radical (unpaired) electrons. The zero-order chi connectivity index (χ0) is 23.0. The van der Waals surface area contributed by atoms with Gasteiger partial charge in [0.2, 0.25) is 0 Å². The zero-order valence-corrected chi connectivity index (χ0v) is 19.1. The van der Waals surface area contributed by atoms with E-state index in [-0.39, 0.29) is 19.1 Å². The lowest BCUT2D eigenvalue weighted by Crippen LogP contribution is -2.50. The number of benzene rings is 1. The first-order valence-corrected chi connectivity index (χ1v) is 11.4. The van der Waals surface area contributed by atoms with Gasteiger partial charge in [0.25, 0.3) is 5.91 Å². The number of hydrogen-bond donors (Lipinski definition) is 1. The van der Waals surface area contributed by atoms with Crippen LogP contribution in [0.3, 0.4) is 0 Å². The molecule has 1 aromatic carbocycles. The van der Waals surface area contributed by atoms with Gasteiger partial charge in [-0.2, -0.15) is 0 Å². The highest BCUT2D eigenvalue weighted by molar-refractivity contribution is 5.78. The molecule has 1 amide bonds. The van der Waals surface area contributed by atoms with Crippen molar-refractivity contribution in [1.82, 2.24) is 20.0 Å². The second kappa shape index (κ2) is 11.2. The molecule has 1 N–H and O–H groups in total. The number of aromatic nitrogens is 2. The van der Waals surface area contributed by atoms with E-state index >= 15 is 0 Å². The molecule has 0 bridgehead atoms. The normalized spacial score (nSPS) is 17.2. The van der Waals surface area contributed by atoms with Crippen LogP contribution >= 0.6 is 0 Å². The third-order valence-electron chi connectivity index (χ3n) is 6.13. The molecular formula is C23H32N6O4. The second-order valence-corrected chi connectivity index (χ2v) is 8.11. The Morgan fingerprint density at radius 1 is 0.879 bits per heavy atom. The van der Waals surface area contributed by atoms with Crippen LogP contribution in [0.2, 0.25) is 0 Å². The number of β-amino-alcohol motifs (C(OH)–C–C–N with tert-alkyl or cyclic N) is 1. The van der Waals surface area contributed by atoms with Gasteiger partial charge in [-0.05, 0) is 24.3 Å². The molecular weight excluding hydrogens is 424 g/mol. The van der Waals surface area contributed by atoms with Crippen LogP contribution in [0.4, 0.5) is 11.6 Å². The van der Waals surface area contributed by atoms with Crippen molar-refractivity contribution in [2.24, 2.45) is 0 Å². The molecule has 2 fully saturated rings. The largest absolute Gasteiger partial charge is 0.493 e. The number of aliphatic hydroxyl groups is 1. The lowest BCUT2D eigenvalue weighted by Gasteiger charge is -2.36. The topological polar surface area (TPSA) is 94.5 Å². The van der Waals surface area contributed by atoms with Crippen LogP contribution in [0.15, 0.2) is 36.4 Å². The molecule has 0 saturated carbocycles. The number of amides is 1. The maximum absolute atomic E-state index is 12.6. The summed E-state index contributed by atoms with van der Waals surface area (Å²) in [6.45, 7) is 7.14. The zero-order valence-electron chi connectivity index (χ0n) is 19.1. The van der Waals surface area contributed by atoms with E-state index in [0.717, 1.165) is 44.4 Å². The monoisotopic (exact) mass is 456 g/mol. The van der Waals surface area contributed by atoms with Crippen LogP contribution in [-0.4, -0.2) is 110 Å². The Hall–Kier alpha value is -3.11. The SMILES string of the molecule is COc1ccccc1OCC(=O)N1CCN(c2ccc(N3CCN(CCO)CC3)nn2)CC1. The lowest BCUT2D eigenvalue weighted by atomic mass is 10.3. The van der Waals surface area contributed by atoms with Gasteiger partial charge in [0.15, 0.2) is 29.7 Å². The predicted octanol–water partition coefficient (Wildman–Crippen LogP) is 0.327. The number of anilines is 2. The van der Waals surface area contributed by atoms with E-state index in [9.17, 15) is 4.79 Å². The highest BCUT2D eigenvalue weighted by atomic mass is 16.5. The Bertz CT molecular complexity index is 896. The smallest absolute Gasteiger partial charge is 0.260 e. The summed E-state index contributed by atoms with van der Waals surface area (Å²) in [4.78, 5) is 21.0. The number of hydrogen-bond acceptors (Lipinski definition) is 9. The summed E-state index contributed by atoms with van der Waals surface area (Å²) in [6.07, 6.45) is 0. The molecule has 2 saturated heterocycles. The van der Waals surface area contributed by atoms with Gasteiger partial charge in [-0.3, -0.25) is 9.69 Å². The predicted molar refractivity (Wildman–Crippen MR) is 125 cm³/mol. The van der Waals surface area contributed by atoms with Crippen molar-refractivity contribution in [3.8, 4) is 11.5 Å². The van der Waals surface area contributed by atoms with Crippen molar-refractivity contribution in [3.05, 3.63) is 36.4 Å². The van der Waals surface area contributed by atoms with Crippen molar-refractivity contribution < 1.29 is 19.4 Å². The minimum atomic E-state index is -0.0395. The van der Waals surface area contributed by atoms with E-state index in [0.29, 0.717) is 37.7 Å². The van der Waals surface area contributed by atoms with Gasteiger partial charge in [0.1, 0.15) is 0 Å². The van der Waals surface area contributed by atoms with Gasteiger partial charge in [-0.15, -0.1) is 10.2 Å². The quantitative estimate of drug-likeness (QED) is 0.603. The minimum absolute atomic E-state index is 0.0134. The number of methoxy groups -OCH3 is 1. The first-order chi connectivity index (χ1) is 16.2. The number of aliphatic hydroxyl groups excluding tert-OH is 1. The van der Waals surface area contributed by atoms with Crippen molar-refractivity contribution in [2.45, 2.75) is 0 Å². The number of nitrogens with zero attached hydrogens (tertiary/aromatic N) is 6. The molecule has 1 aromatic heterocycles. The summed E-state index contributed by atoms with van der Waals surface area (Å²) in [5.74, 6) is 2.85. The molecule has 3 heterocycles. The third kappa shape index (κ3) is 5.82. The van der Waals surface area contributed by atoms with Crippen LogP contribution < -0.4 is 19.3 Å². The molecule has 10 heteroatoms. The van der Waals surface area contributed by atoms with E-state index in [1.165, 1.54) is 0 Å². The van der Waals surface area contributed by atoms with Crippen molar-refractivity contribution in [3.63, 3.8) is 0 Å². The fourth-order valence-corrected chi connectivity index (χ4v) is 4.15. The summed E-state index contributed by atoms with van der Waals surface area (Å²) in [6, 6.07) is 11.3. The van der Waals surface area contributed by atoms with Gasteiger partial charge in [0.05, 0.1) is 13.7 Å². The van der Waals surface area contributed by atoms with E-state index in [4.69, 9.17) is 14.6 Å².